The summed E-state index contributed by atoms with van der Waals surface area (Å²) < 4.78 is 0.953. The molecule has 2 N–H and O–H groups in total. The van der Waals surface area contributed by atoms with Gasteiger partial charge in [0.05, 0.1) is 12.5 Å². The van der Waals surface area contributed by atoms with Gasteiger partial charge in [-0.15, -0.1) is 0 Å². The van der Waals surface area contributed by atoms with Crippen molar-refractivity contribution in [1.82, 2.24) is 4.90 Å². The largest absolute Gasteiger partial charge is 0.369 e. The molecule has 4 nitrogen and oxygen atoms in total. The van der Waals surface area contributed by atoms with E-state index in [9.17, 15) is 9.59 Å². The highest BCUT2D eigenvalue weighted by atomic mass is 79.9. The molecule has 1 amide bonds. The Labute approximate surface area is 127 Å². The monoisotopic (exact) mass is 338 g/mol. The van der Waals surface area contributed by atoms with Crippen molar-refractivity contribution in [2.45, 2.75) is 25.8 Å². The lowest BCUT2D eigenvalue weighted by molar-refractivity contribution is -0.123. The van der Waals surface area contributed by atoms with Gasteiger partial charge in [0.15, 0.2) is 5.78 Å². The smallest absolute Gasteiger partial charge is 0.221 e. The van der Waals surface area contributed by atoms with E-state index in [1.54, 1.807) is 0 Å². The van der Waals surface area contributed by atoms with Crippen LogP contribution in [0.5, 0.6) is 0 Å². The van der Waals surface area contributed by atoms with E-state index in [-0.39, 0.29) is 17.6 Å². The van der Waals surface area contributed by atoms with Crippen molar-refractivity contribution in [2.24, 2.45) is 11.7 Å². The summed E-state index contributed by atoms with van der Waals surface area (Å²) >= 11 is 3.35. The summed E-state index contributed by atoms with van der Waals surface area (Å²) in [4.78, 5) is 25.6. The second kappa shape index (κ2) is 6.50. The number of carbonyl (C=O) groups is 2. The zero-order valence-corrected chi connectivity index (χ0v) is 13.1. The SMILES string of the molecule is CC1CCC(C(N)=O)CN1CC(=O)c1ccc(Br)cc1. The Morgan fingerprint density at radius 3 is 2.55 bits per heavy atom. The molecule has 108 valence electrons. The first-order chi connectivity index (χ1) is 9.47. The van der Waals surface area contributed by atoms with Gasteiger partial charge in [-0.2, -0.15) is 0 Å². The molecule has 2 atom stereocenters. The number of carbonyl (C=O) groups excluding carboxylic acids is 2. The van der Waals surface area contributed by atoms with Crippen molar-refractivity contribution in [2.75, 3.05) is 13.1 Å². The number of primary amides is 1. The molecule has 1 aliphatic rings. The zero-order chi connectivity index (χ0) is 14.7. The molecule has 1 heterocycles. The van der Waals surface area contributed by atoms with Gasteiger partial charge < -0.3 is 5.73 Å². The Bertz CT molecular complexity index is 501. The molecule has 0 saturated carbocycles. The van der Waals surface area contributed by atoms with E-state index in [1.165, 1.54) is 0 Å². The first-order valence-corrected chi connectivity index (χ1v) is 7.59. The second-order valence-electron chi connectivity index (χ2n) is 5.39. The third-order valence-electron chi connectivity index (χ3n) is 3.93. The number of rotatable bonds is 4. The van der Waals surface area contributed by atoms with E-state index in [1.807, 2.05) is 24.3 Å². The van der Waals surface area contributed by atoms with E-state index >= 15 is 0 Å². The van der Waals surface area contributed by atoms with Crippen molar-refractivity contribution in [3.05, 3.63) is 34.3 Å². The van der Waals surface area contributed by atoms with Crippen molar-refractivity contribution < 1.29 is 9.59 Å². The summed E-state index contributed by atoms with van der Waals surface area (Å²) in [5, 5.41) is 0. The zero-order valence-electron chi connectivity index (χ0n) is 11.5. The number of halogens is 1. The van der Waals surface area contributed by atoms with Crippen LogP contribution < -0.4 is 5.73 Å². The first-order valence-electron chi connectivity index (χ1n) is 6.79. The van der Waals surface area contributed by atoms with Gasteiger partial charge in [-0.1, -0.05) is 28.1 Å². The average molecular weight is 339 g/mol. The van der Waals surface area contributed by atoms with Crippen molar-refractivity contribution in [3.8, 4) is 0 Å². The van der Waals surface area contributed by atoms with Gasteiger partial charge in [0, 0.05) is 22.6 Å². The third-order valence-corrected chi connectivity index (χ3v) is 4.46. The molecule has 1 fully saturated rings. The number of piperidine rings is 1. The maximum Gasteiger partial charge on any atom is 0.221 e. The minimum Gasteiger partial charge on any atom is -0.369 e. The summed E-state index contributed by atoms with van der Waals surface area (Å²) in [6.07, 6.45) is 1.72. The van der Waals surface area contributed by atoms with Crippen LogP contribution in [0, 0.1) is 5.92 Å². The van der Waals surface area contributed by atoms with E-state index < -0.39 is 0 Å². The molecule has 1 aromatic rings. The quantitative estimate of drug-likeness (QED) is 0.856. The van der Waals surface area contributed by atoms with E-state index in [4.69, 9.17) is 5.73 Å². The van der Waals surface area contributed by atoms with Crippen LogP contribution in [0.3, 0.4) is 0 Å². The molecular weight excluding hydrogens is 320 g/mol. The van der Waals surface area contributed by atoms with Crippen molar-refractivity contribution in [1.29, 1.82) is 0 Å². The van der Waals surface area contributed by atoms with E-state index in [2.05, 4.69) is 27.8 Å². The fourth-order valence-electron chi connectivity index (χ4n) is 2.54. The van der Waals surface area contributed by atoms with Crippen LogP contribution in [-0.4, -0.2) is 35.7 Å². The third kappa shape index (κ3) is 3.67. The highest BCUT2D eigenvalue weighted by Crippen LogP contribution is 2.22. The molecule has 0 bridgehead atoms. The number of nitrogens with two attached hydrogens (primary N) is 1. The van der Waals surface area contributed by atoms with E-state index in [0.29, 0.717) is 24.7 Å². The second-order valence-corrected chi connectivity index (χ2v) is 6.30. The molecular formula is C15H19BrN2O2. The number of benzene rings is 1. The molecule has 2 rings (SSSR count). The topological polar surface area (TPSA) is 63.4 Å². The Morgan fingerprint density at radius 1 is 1.30 bits per heavy atom. The molecule has 20 heavy (non-hydrogen) atoms. The number of Topliss-reactive ketones (excluding diaryl/α,β-unsaturated/α-hetero) is 1. The van der Waals surface area contributed by atoms with Crippen LogP contribution in [0.2, 0.25) is 0 Å². The van der Waals surface area contributed by atoms with Crippen LogP contribution in [0.1, 0.15) is 30.1 Å². The van der Waals surface area contributed by atoms with Gasteiger partial charge in [-0.05, 0) is 31.9 Å². The number of ketones is 1. The maximum atomic E-state index is 12.3. The van der Waals surface area contributed by atoms with Crippen LogP contribution >= 0.6 is 15.9 Å². The Morgan fingerprint density at radius 2 is 1.95 bits per heavy atom. The number of amides is 1. The summed E-state index contributed by atoms with van der Waals surface area (Å²) in [5.41, 5.74) is 6.07. The minimum atomic E-state index is -0.266. The van der Waals surface area contributed by atoms with Crippen molar-refractivity contribution in [3.63, 3.8) is 0 Å². The van der Waals surface area contributed by atoms with Gasteiger partial charge in [-0.3, -0.25) is 14.5 Å². The highest BCUT2D eigenvalue weighted by Gasteiger charge is 2.29. The lowest BCUT2D eigenvalue weighted by Crippen LogP contribution is -2.47. The molecule has 0 aliphatic carbocycles. The summed E-state index contributed by atoms with van der Waals surface area (Å²) in [5.74, 6) is -0.323. The molecule has 1 aromatic carbocycles. The van der Waals surface area contributed by atoms with E-state index in [0.717, 1.165) is 17.3 Å². The molecule has 0 radical (unpaired) electrons. The molecule has 1 aliphatic heterocycles. The highest BCUT2D eigenvalue weighted by molar-refractivity contribution is 9.10. The van der Waals surface area contributed by atoms with Crippen molar-refractivity contribution >= 4 is 27.6 Å². The Hall–Kier alpha value is -1.20. The first kappa shape index (κ1) is 15.2. The number of likely N-dealkylation sites (tertiary alicyclic amines) is 1. The Kier molecular flexibility index (Phi) is 4.94. The van der Waals surface area contributed by atoms with Crippen LogP contribution in [0.25, 0.3) is 0 Å². The lowest BCUT2D eigenvalue weighted by atomic mass is 9.92. The molecule has 0 spiro atoms. The summed E-state index contributed by atoms with van der Waals surface area (Å²) in [7, 11) is 0. The molecule has 2 unspecified atom stereocenters. The minimum absolute atomic E-state index is 0.0782. The predicted octanol–water partition coefficient (Wildman–Crippen LogP) is 2.22. The number of nitrogens with zero attached hydrogens (tertiary/aromatic N) is 1. The van der Waals surface area contributed by atoms with Gasteiger partial charge in [0.1, 0.15) is 0 Å². The summed E-state index contributed by atoms with van der Waals surface area (Å²) in [6.45, 7) is 3.01. The van der Waals surface area contributed by atoms with Crippen LogP contribution in [0.4, 0.5) is 0 Å². The number of hydrogen-bond donors (Lipinski definition) is 1. The molecule has 1 saturated heterocycles. The fourth-order valence-corrected chi connectivity index (χ4v) is 2.81. The average Bonchev–Trinajstić information content (AvgIpc) is 2.41. The Balaban J connectivity index is 2.02. The normalized spacial score (nSPS) is 23.5. The van der Waals surface area contributed by atoms with Crippen LogP contribution in [-0.2, 0) is 4.79 Å². The number of hydrogen-bond acceptors (Lipinski definition) is 3. The fraction of sp³-hybridized carbons (Fsp3) is 0.467. The molecule has 0 aromatic heterocycles. The lowest BCUT2D eigenvalue weighted by Gasteiger charge is -2.36. The predicted molar refractivity (Wildman–Crippen MR) is 81.4 cm³/mol. The van der Waals surface area contributed by atoms with Crippen LogP contribution in [0.15, 0.2) is 28.7 Å². The van der Waals surface area contributed by atoms with Gasteiger partial charge in [-0.25, -0.2) is 0 Å². The van der Waals surface area contributed by atoms with Gasteiger partial charge >= 0.3 is 0 Å². The van der Waals surface area contributed by atoms with Gasteiger partial charge in [0.25, 0.3) is 0 Å². The standard InChI is InChI=1S/C15H19BrN2O2/c1-10-2-3-12(15(17)20)8-18(10)9-14(19)11-4-6-13(16)7-5-11/h4-7,10,12H,2-3,8-9H2,1H3,(H2,17,20). The van der Waals surface area contributed by atoms with Gasteiger partial charge in [0.2, 0.25) is 5.91 Å². The summed E-state index contributed by atoms with van der Waals surface area (Å²) in [6, 6.07) is 7.65. The maximum absolute atomic E-state index is 12.3. The molecule has 5 heteroatoms.